The average molecular weight is 293 g/mol. The molecule has 0 unspecified atom stereocenters. The Morgan fingerprint density at radius 3 is 2.85 bits per heavy atom. The highest BCUT2D eigenvalue weighted by atomic mass is 32.1. The van der Waals surface area contributed by atoms with Crippen molar-refractivity contribution in [2.75, 3.05) is 13.2 Å². The molecule has 1 aliphatic carbocycles. The summed E-state index contributed by atoms with van der Waals surface area (Å²) in [4.78, 5) is 5.69. The minimum atomic E-state index is 0.112. The fraction of sp³-hybridized carbons (Fsp3) is 0.667. The number of nitrogens with zero attached hydrogens (tertiary/aromatic N) is 2. The van der Waals surface area contributed by atoms with Gasteiger partial charge in [0.25, 0.3) is 0 Å². The Labute approximate surface area is 123 Å². The molecule has 0 amide bonds. The highest BCUT2D eigenvalue weighted by Crippen LogP contribution is 2.37. The van der Waals surface area contributed by atoms with Crippen molar-refractivity contribution in [1.82, 2.24) is 14.7 Å². The number of thiazole rings is 1. The summed E-state index contributed by atoms with van der Waals surface area (Å²) in [6, 6.07) is 0. The van der Waals surface area contributed by atoms with E-state index in [1.165, 1.54) is 24.2 Å². The van der Waals surface area contributed by atoms with Gasteiger partial charge in [-0.2, -0.15) is 0 Å². The monoisotopic (exact) mass is 293 g/mol. The minimum Gasteiger partial charge on any atom is -0.396 e. The van der Waals surface area contributed by atoms with Crippen molar-refractivity contribution in [1.29, 1.82) is 0 Å². The van der Waals surface area contributed by atoms with Crippen LogP contribution in [-0.2, 0) is 6.54 Å². The predicted octanol–water partition coefficient (Wildman–Crippen LogP) is 2.65. The fourth-order valence-electron chi connectivity index (χ4n) is 3.34. The summed E-state index contributed by atoms with van der Waals surface area (Å²) in [5.41, 5.74) is 3.73. The first-order valence-corrected chi connectivity index (χ1v) is 8.27. The lowest BCUT2D eigenvalue weighted by atomic mass is 9.87. The van der Waals surface area contributed by atoms with Crippen LogP contribution in [0.2, 0.25) is 0 Å². The zero-order valence-electron chi connectivity index (χ0n) is 12.3. The zero-order valence-corrected chi connectivity index (χ0v) is 13.1. The molecule has 1 aliphatic rings. The normalized spacial score (nSPS) is 18.1. The van der Waals surface area contributed by atoms with Gasteiger partial charge in [0.2, 0.25) is 0 Å². The van der Waals surface area contributed by atoms with Crippen LogP contribution in [0.25, 0.3) is 4.96 Å². The molecule has 0 atom stereocenters. The SMILES string of the molecule is Cc1nc2scc(C)n2c1CNCC1(CO)CCCC1. The molecular formula is C15H23N3OS. The van der Waals surface area contributed by atoms with Crippen molar-refractivity contribution in [2.45, 2.75) is 46.1 Å². The number of aryl methyl sites for hydroxylation is 2. The maximum Gasteiger partial charge on any atom is 0.194 e. The third-order valence-electron chi connectivity index (χ3n) is 4.62. The number of hydrogen-bond acceptors (Lipinski definition) is 4. The molecular weight excluding hydrogens is 270 g/mol. The van der Waals surface area contributed by atoms with Crippen LogP contribution in [0.3, 0.4) is 0 Å². The van der Waals surface area contributed by atoms with Crippen molar-refractivity contribution in [2.24, 2.45) is 5.41 Å². The minimum absolute atomic E-state index is 0.112. The van der Waals surface area contributed by atoms with E-state index in [1.54, 1.807) is 11.3 Å². The van der Waals surface area contributed by atoms with Crippen LogP contribution in [0.4, 0.5) is 0 Å². The lowest BCUT2D eigenvalue weighted by molar-refractivity contribution is 0.128. The maximum absolute atomic E-state index is 9.66. The molecule has 2 N–H and O–H groups in total. The Balaban J connectivity index is 1.71. The number of imidazole rings is 1. The van der Waals surface area contributed by atoms with Crippen LogP contribution in [0.5, 0.6) is 0 Å². The summed E-state index contributed by atoms with van der Waals surface area (Å²) in [5, 5.41) is 15.4. The van der Waals surface area contributed by atoms with Gasteiger partial charge in [0, 0.05) is 36.2 Å². The van der Waals surface area contributed by atoms with Crippen LogP contribution in [-0.4, -0.2) is 27.6 Å². The van der Waals surface area contributed by atoms with E-state index in [-0.39, 0.29) is 5.41 Å². The van der Waals surface area contributed by atoms with E-state index < -0.39 is 0 Å². The van der Waals surface area contributed by atoms with Gasteiger partial charge in [0.1, 0.15) is 0 Å². The summed E-state index contributed by atoms with van der Waals surface area (Å²) in [6.45, 7) is 6.23. The molecule has 1 fully saturated rings. The van der Waals surface area contributed by atoms with Crippen molar-refractivity contribution in [3.05, 3.63) is 22.5 Å². The first-order chi connectivity index (χ1) is 9.65. The van der Waals surface area contributed by atoms with Gasteiger partial charge in [-0.15, -0.1) is 11.3 Å². The molecule has 4 nitrogen and oxygen atoms in total. The molecule has 1 saturated carbocycles. The largest absolute Gasteiger partial charge is 0.396 e. The molecule has 20 heavy (non-hydrogen) atoms. The number of nitrogens with one attached hydrogen (secondary N) is 1. The Bertz CT molecular complexity index is 596. The second-order valence-corrected chi connectivity index (χ2v) is 6.94. The van der Waals surface area contributed by atoms with Crippen LogP contribution >= 0.6 is 11.3 Å². The molecule has 2 aromatic rings. The van der Waals surface area contributed by atoms with Gasteiger partial charge in [0.05, 0.1) is 11.4 Å². The molecule has 3 rings (SSSR count). The quantitative estimate of drug-likeness (QED) is 0.891. The van der Waals surface area contributed by atoms with Crippen molar-refractivity contribution in [3.63, 3.8) is 0 Å². The van der Waals surface area contributed by atoms with E-state index >= 15 is 0 Å². The smallest absolute Gasteiger partial charge is 0.194 e. The van der Waals surface area contributed by atoms with Gasteiger partial charge >= 0.3 is 0 Å². The standard InChI is InChI=1S/C15H23N3OS/c1-11-8-20-14-17-12(2)13(18(11)14)7-16-9-15(10-19)5-3-4-6-15/h8,16,19H,3-7,9-10H2,1-2H3. The second-order valence-electron chi connectivity index (χ2n) is 6.11. The first-order valence-electron chi connectivity index (χ1n) is 7.39. The number of aliphatic hydroxyl groups excluding tert-OH is 1. The number of rotatable bonds is 5. The maximum atomic E-state index is 9.66. The topological polar surface area (TPSA) is 49.6 Å². The van der Waals surface area contributed by atoms with E-state index in [1.807, 2.05) is 0 Å². The predicted molar refractivity (Wildman–Crippen MR) is 82.2 cm³/mol. The average Bonchev–Trinajstić information content (AvgIpc) is 3.11. The summed E-state index contributed by atoms with van der Waals surface area (Å²) in [5.74, 6) is 0. The van der Waals surface area contributed by atoms with Gasteiger partial charge in [0.15, 0.2) is 4.96 Å². The fourth-order valence-corrected chi connectivity index (χ4v) is 4.27. The molecule has 0 aliphatic heterocycles. The molecule has 110 valence electrons. The second kappa shape index (κ2) is 5.47. The van der Waals surface area contributed by atoms with Crippen molar-refractivity contribution < 1.29 is 5.11 Å². The Morgan fingerprint density at radius 2 is 2.15 bits per heavy atom. The lowest BCUT2D eigenvalue weighted by Gasteiger charge is -2.26. The van der Waals surface area contributed by atoms with Crippen LogP contribution in [0.1, 0.15) is 42.8 Å². The van der Waals surface area contributed by atoms with Gasteiger partial charge < -0.3 is 10.4 Å². The molecule has 0 bridgehead atoms. The van der Waals surface area contributed by atoms with Gasteiger partial charge in [-0.1, -0.05) is 12.8 Å². The van der Waals surface area contributed by atoms with Crippen LogP contribution in [0.15, 0.2) is 5.38 Å². The Hall–Kier alpha value is -0.910. The third kappa shape index (κ3) is 2.38. The van der Waals surface area contributed by atoms with E-state index in [0.717, 1.165) is 36.6 Å². The molecule has 0 aromatic carbocycles. The number of aromatic nitrogens is 2. The van der Waals surface area contributed by atoms with Gasteiger partial charge in [-0.3, -0.25) is 4.40 Å². The summed E-state index contributed by atoms with van der Waals surface area (Å²) < 4.78 is 2.24. The highest BCUT2D eigenvalue weighted by molar-refractivity contribution is 7.15. The third-order valence-corrected chi connectivity index (χ3v) is 5.57. The summed E-state index contributed by atoms with van der Waals surface area (Å²) >= 11 is 1.70. The van der Waals surface area contributed by atoms with E-state index in [9.17, 15) is 5.11 Å². The van der Waals surface area contributed by atoms with Gasteiger partial charge in [-0.05, 0) is 26.7 Å². The Kier molecular flexibility index (Phi) is 3.84. The van der Waals surface area contributed by atoms with E-state index in [4.69, 9.17) is 0 Å². The first kappa shape index (κ1) is 14.0. The summed E-state index contributed by atoms with van der Waals surface area (Å²) in [7, 11) is 0. The summed E-state index contributed by atoms with van der Waals surface area (Å²) in [6.07, 6.45) is 4.80. The van der Waals surface area contributed by atoms with E-state index in [0.29, 0.717) is 6.61 Å². The molecule has 2 aromatic heterocycles. The number of fused-ring (bicyclic) bond motifs is 1. The number of aliphatic hydroxyl groups is 1. The Morgan fingerprint density at radius 1 is 1.40 bits per heavy atom. The zero-order chi connectivity index (χ0) is 14.2. The van der Waals surface area contributed by atoms with Crippen molar-refractivity contribution in [3.8, 4) is 0 Å². The van der Waals surface area contributed by atoms with Crippen LogP contribution in [0, 0.1) is 19.3 Å². The van der Waals surface area contributed by atoms with Crippen molar-refractivity contribution >= 4 is 16.3 Å². The highest BCUT2D eigenvalue weighted by Gasteiger charge is 2.32. The van der Waals surface area contributed by atoms with Gasteiger partial charge in [-0.25, -0.2) is 4.98 Å². The molecule has 5 heteroatoms. The molecule has 2 heterocycles. The molecule has 0 saturated heterocycles. The van der Waals surface area contributed by atoms with Crippen LogP contribution < -0.4 is 5.32 Å². The molecule has 0 radical (unpaired) electrons. The number of hydrogen-bond donors (Lipinski definition) is 2. The van der Waals surface area contributed by atoms with E-state index in [2.05, 4.69) is 33.9 Å². The molecule has 0 spiro atoms. The lowest BCUT2D eigenvalue weighted by Crippen LogP contribution is -2.35.